The molecule has 1 fully saturated rings. The van der Waals surface area contributed by atoms with Gasteiger partial charge in [-0.3, -0.25) is 14.2 Å². The number of likely N-dealkylation sites (N-methyl/N-ethyl adjacent to an activating group) is 1. The molecule has 5 rings (SSSR count). The van der Waals surface area contributed by atoms with Crippen LogP contribution in [0.2, 0.25) is 5.02 Å². The number of hydrogen-bond acceptors (Lipinski definition) is 6. The quantitative estimate of drug-likeness (QED) is 0.448. The Hall–Kier alpha value is -3.10. The van der Waals surface area contributed by atoms with Gasteiger partial charge in [0, 0.05) is 43.3 Å². The maximum absolute atomic E-state index is 13.9. The van der Waals surface area contributed by atoms with E-state index in [1.54, 1.807) is 27.7 Å². The molecule has 2 aliphatic heterocycles. The van der Waals surface area contributed by atoms with Crippen LogP contribution in [-0.4, -0.2) is 41.6 Å². The van der Waals surface area contributed by atoms with E-state index < -0.39 is 6.04 Å². The number of carbonyl (C=O) groups is 1. The molecular formula is C29H33ClN4O3S. The van der Waals surface area contributed by atoms with E-state index in [0.717, 1.165) is 43.3 Å². The van der Waals surface area contributed by atoms with Gasteiger partial charge in [-0.1, -0.05) is 42.0 Å². The SMILES string of the molecule is CCN(CC)C(=O)C1=C(C)N=c2s/c(=C\c3ccc(N4CCC(C)CC4)o3)c(=O)n2[C@H]1c1ccc(Cl)cc1. The van der Waals surface area contributed by atoms with Gasteiger partial charge in [-0.25, -0.2) is 4.99 Å². The molecule has 1 amide bonds. The Morgan fingerprint density at radius 1 is 1.16 bits per heavy atom. The van der Waals surface area contributed by atoms with E-state index in [4.69, 9.17) is 21.0 Å². The van der Waals surface area contributed by atoms with E-state index in [-0.39, 0.29) is 11.5 Å². The van der Waals surface area contributed by atoms with Crippen molar-refractivity contribution in [3.63, 3.8) is 0 Å². The van der Waals surface area contributed by atoms with Crippen molar-refractivity contribution in [2.75, 3.05) is 31.1 Å². The number of thiazole rings is 1. The Morgan fingerprint density at radius 3 is 2.50 bits per heavy atom. The molecule has 1 saturated heterocycles. The smallest absolute Gasteiger partial charge is 0.271 e. The summed E-state index contributed by atoms with van der Waals surface area (Å²) < 4.78 is 8.28. The second-order valence-corrected chi connectivity index (χ2v) is 11.4. The van der Waals surface area contributed by atoms with E-state index in [0.29, 0.717) is 44.5 Å². The van der Waals surface area contributed by atoms with Crippen LogP contribution in [0.4, 0.5) is 5.88 Å². The number of nitrogens with zero attached hydrogens (tertiary/aromatic N) is 4. The molecule has 7 nitrogen and oxygen atoms in total. The first-order chi connectivity index (χ1) is 18.3. The summed E-state index contributed by atoms with van der Waals surface area (Å²) in [4.78, 5) is 36.8. The molecule has 0 unspecified atom stereocenters. The number of carbonyl (C=O) groups excluding carboxylic acids is 1. The van der Waals surface area contributed by atoms with Crippen LogP contribution in [0.25, 0.3) is 6.08 Å². The fraction of sp³-hybridized carbons (Fsp3) is 0.414. The first-order valence-electron chi connectivity index (χ1n) is 13.2. The number of halogens is 1. The Bertz CT molecular complexity index is 1540. The largest absolute Gasteiger partial charge is 0.441 e. The summed E-state index contributed by atoms with van der Waals surface area (Å²) in [5.74, 6) is 2.08. The predicted octanol–water partition coefficient (Wildman–Crippen LogP) is 4.59. The number of amides is 1. The summed E-state index contributed by atoms with van der Waals surface area (Å²) in [6, 6.07) is 10.6. The third-order valence-corrected chi connectivity index (χ3v) is 8.70. The predicted molar refractivity (Wildman–Crippen MR) is 152 cm³/mol. The number of piperidine rings is 1. The summed E-state index contributed by atoms with van der Waals surface area (Å²) >= 11 is 7.48. The van der Waals surface area contributed by atoms with Crippen molar-refractivity contribution in [1.29, 1.82) is 0 Å². The summed E-state index contributed by atoms with van der Waals surface area (Å²) in [6.07, 6.45) is 4.07. The lowest BCUT2D eigenvalue weighted by molar-refractivity contribution is -0.127. The van der Waals surface area contributed by atoms with Gasteiger partial charge in [0.2, 0.25) is 0 Å². The Morgan fingerprint density at radius 2 is 1.84 bits per heavy atom. The van der Waals surface area contributed by atoms with Crippen molar-refractivity contribution < 1.29 is 9.21 Å². The minimum Gasteiger partial charge on any atom is -0.441 e. The first-order valence-corrected chi connectivity index (χ1v) is 14.4. The first kappa shape index (κ1) is 26.5. The van der Waals surface area contributed by atoms with E-state index in [2.05, 4.69) is 11.8 Å². The van der Waals surface area contributed by atoms with E-state index >= 15 is 0 Å². The molecular weight excluding hydrogens is 520 g/mol. The zero-order valence-corrected chi connectivity index (χ0v) is 23.8. The zero-order chi connectivity index (χ0) is 27.0. The summed E-state index contributed by atoms with van der Waals surface area (Å²) in [7, 11) is 0. The van der Waals surface area contributed by atoms with Crippen LogP contribution in [0.5, 0.6) is 0 Å². The number of benzene rings is 1. The number of fused-ring (bicyclic) bond motifs is 1. The molecule has 0 radical (unpaired) electrons. The normalized spacial score (nSPS) is 18.5. The number of aromatic nitrogens is 1. The lowest BCUT2D eigenvalue weighted by Gasteiger charge is -2.29. The molecule has 3 aromatic rings. The van der Waals surface area contributed by atoms with Crippen LogP contribution >= 0.6 is 22.9 Å². The molecule has 200 valence electrons. The van der Waals surface area contributed by atoms with Gasteiger partial charge in [0.15, 0.2) is 10.7 Å². The average molecular weight is 553 g/mol. The lowest BCUT2D eigenvalue weighted by atomic mass is 9.94. The number of rotatable bonds is 6. The van der Waals surface area contributed by atoms with Gasteiger partial charge in [-0.2, -0.15) is 0 Å². The fourth-order valence-corrected chi connectivity index (χ4v) is 6.34. The summed E-state index contributed by atoms with van der Waals surface area (Å²) in [5.41, 5.74) is 1.74. The van der Waals surface area contributed by atoms with Crippen LogP contribution in [0.1, 0.15) is 57.9 Å². The van der Waals surface area contributed by atoms with Crippen LogP contribution in [0.3, 0.4) is 0 Å². The molecule has 0 N–H and O–H groups in total. The zero-order valence-electron chi connectivity index (χ0n) is 22.2. The van der Waals surface area contributed by atoms with E-state index in [9.17, 15) is 9.59 Å². The third kappa shape index (κ3) is 4.99. The van der Waals surface area contributed by atoms with Crippen molar-refractivity contribution in [2.45, 2.75) is 46.6 Å². The highest BCUT2D eigenvalue weighted by Gasteiger charge is 2.34. The third-order valence-electron chi connectivity index (χ3n) is 7.47. The number of anilines is 1. The van der Waals surface area contributed by atoms with Crippen LogP contribution < -0.4 is 19.8 Å². The highest BCUT2D eigenvalue weighted by atomic mass is 35.5. The topological polar surface area (TPSA) is 71.1 Å². The number of hydrogen-bond donors (Lipinski definition) is 0. The molecule has 0 aliphatic carbocycles. The molecule has 0 spiro atoms. The molecule has 38 heavy (non-hydrogen) atoms. The highest BCUT2D eigenvalue weighted by Crippen LogP contribution is 2.32. The van der Waals surface area contributed by atoms with Gasteiger partial charge >= 0.3 is 0 Å². The van der Waals surface area contributed by atoms with Crippen LogP contribution in [0, 0.1) is 5.92 Å². The van der Waals surface area contributed by atoms with Gasteiger partial charge < -0.3 is 14.2 Å². The second-order valence-electron chi connectivity index (χ2n) is 9.96. The van der Waals surface area contributed by atoms with Crippen molar-refractivity contribution in [3.8, 4) is 0 Å². The molecule has 2 aromatic heterocycles. The lowest BCUT2D eigenvalue weighted by Crippen LogP contribution is -2.43. The number of furan rings is 1. The number of allylic oxidation sites excluding steroid dienone is 1. The maximum atomic E-state index is 13.9. The van der Waals surface area contributed by atoms with E-state index in [1.165, 1.54) is 11.3 Å². The summed E-state index contributed by atoms with van der Waals surface area (Å²) in [6.45, 7) is 11.1. The van der Waals surface area contributed by atoms with Crippen LogP contribution in [0.15, 0.2) is 61.9 Å². The van der Waals surface area contributed by atoms with Gasteiger partial charge in [0.05, 0.1) is 21.8 Å². The second kappa shape index (κ2) is 10.9. The Balaban J connectivity index is 1.59. The highest BCUT2D eigenvalue weighted by molar-refractivity contribution is 7.07. The van der Waals surface area contributed by atoms with Crippen molar-refractivity contribution in [2.24, 2.45) is 10.9 Å². The van der Waals surface area contributed by atoms with Gasteiger partial charge in [0.25, 0.3) is 11.5 Å². The molecule has 2 aliphatic rings. The van der Waals surface area contributed by atoms with Gasteiger partial charge in [-0.15, -0.1) is 0 Å². The molecule has 0 saturated carbocycles. The minimum absolute atomic E-state index is 0.114. The van der Waals surface area contributed by atoms with E-state index in [1.807, 2.05) is 45.0 Å². The van der Waals surface area contributed by atoms with Crippen molar-refractivity contribution in [1.82, 2.24) is 9.47 Å². The molecule has 1 aromatic carbocycles. The van der Waals surface area contributed by atoms with Crippen molar-refractivity contribution in [3.05, 3.63) is 83.7 Å². The molecule has 9 heteroatoms. The van der Waals surface area contributed by atoms with Crippen molar-refractivity contribution >= 4 is 40.8 Å². The average Bonchev–Trinajstić information content (AvgIpc) is 3.49. The Kier molecular flexibility index (Phi) is 7.63. The Labute approximate surface area is 231 Å². The molecule has 4 heterocycles. The fourth-order valence-electron chi connectivity index (χ4n) is 5.18. The minimum atomic E-state index is -0.596. The molecule has 1 atom stereocenters. The van der Waals surface area contributed by atoms with Crippen LogP contribution in [-0.2, 0) is 4.79 Å². The monoisotopic (exact) mass is 552 g/mol. The van der Waals surface area contributed by atoms with Gasteiger partial charge in [-0.05, 0) is 63.3 Å². The standard InChI is InChI=1S/C29H33ClN4O3S/c1-5-32(6-2)28(36)25-19(4)31-29-34(26(25)20-7-9-21(30)10-8-20)27(35)23(38-29)17-22-11-12-24(37-22)33-15-13-18(3)14-16-33/h7-12,17-18,26H,5-6,13-16H2,1-4H3/b23-17-/t26-/m0/s1. The summed E-state index contributed by atoms with van der Waals surface area (Å²) in [5, 5.41) is 0.593. The maximum Gasteiger partial charge on any atom is 0.271 e. The van der Waals surface area contributed by atoms with Gasteiger partial charge in [0.1, 0.15) is 5.76 Å². The molecule has 0 bridgehead atoms.